The molecule has 0 aliphatic rings. The van der Waals surface area contributed by atoms with Crippen molar-refractivity contribution < 1.29 is 38.1 Å². The number of nitrogens with one attached hydrogen (secondary N) is 1. The number of aliphatic hydroxyl groups excluding tert-OH is 2. The Bertz CT molecular complexity index is 1800. The highest BCUT2D eigenvalue weighted by Gasteiger charge is 2.30. The number of ether oxygens (including phenoxy) is 1. The Kier molecular flexibility index (Phi) is 11.6. The van der Waals surface area contributed by atoms with Crippen LogP contribution in [0.15, 0.2) is 78.9 Å². The van der Waals surface area contributed by atoms with Crippen molar-refractivity contribution in [2.45, 2.75) is 44.9 Å². The van der Waals surface area contributed by atoms with Gasteiger partial charge in [0.15, 0.2) is 0 Å². The molecule has 0 unspecified atom stereocenters. The molecule has 4 aromatic rings. The zero-order valence-corrected chi connectivity index (χ0v) is 27.4. The SMILES string of the molecule is COC(=O)C[C@H](O)C[C@H](O)C=Cc1c(-c2ccc(F)cc2)c(-c2ccc(F)cc2)c(C(=O)Nc2cccc(C(=O)N(C)C)c2)n1C(C)C. The first-order valence-electron chi connectivity index (χ1n) is 15.3. The molecule has 3 N–H and O–H groups in total. The number of benzene rings is 3. The lowest BCUT2D eigenvalue weighted by Gasteiger charge is -2.18. The minimum Gasteiger partial charge on any atom is -0.469 e. The molecule has 1 aromatic heterocycles. The lowest BCUT2D eigenvalue weighted by molar-refractivity contribution is -0.143. The van der Waals surface area contributed by atoms with Gasteiger partial charge in [-0.1, -0.05) is 36.4 Å². The van der Waals surface area contributed by atoms with Gasteiger partial charge in [0, 0.05) is 54.6 Å². The second kappa shape index (κ2) is 15.6. The number of aliphatic hydroxyl groups is 2. The molecule has 0 radical (unpaired) electrons. The van der Waals surface area contributed by atoms with Gasteiger partial charge in [0.2, 0.25) is 0 Å². The van der Waals surface area contributed by atoms with Crippen LogP contribution in [0.3, 0.4) is 0 Å². The molecule has 48 heavy (non-hydrogen) atoms. The minimum atomic E-state index is -1.19. The van der Waals surface area contributed by atoms with E-state index in [0.717, 1.165) is 0 Å². The van der Waals surface area contributed by atoms with Gasteiger partial charge in [0.05, 0.1) is 25.7 Å². The number of nitrogens with zero attached hydrogens (tertiary/aromatic N) is 2. The van der Waals surface area contributed by atoms with Crippen molar-refractivity contribution in [3.8, 4) is 22.3 Å². The molecule has 0 bridgehead atoms. The fourth-order valence-corrected chi connectivity index (χ4v) is 5.43. The van der Waals surface area contributed by atoms with Crippen molar-refractivity contribution in [3.63, 3.8) is 0 Å². The fourth-order valence-electron chi connectivity index (χ4n) is 5.43. The second-order valence-electron chi connectivity index (χ2n) is 11.8. The average molecular weight is 660 g/mol. The Hall–Kier alpha value is -5.13. The Morgan fingerprint density at radius 3 is 2.04 bits per heavy atom. The number of carbonyl (C=O) groups is 3. The number of hydrogen-bond acceptors (Lipinski definition) is 6. The summed E-state index contributed by atoms with van der Waals surface area (Å²) in [6.07, 6.45) is 0.217. The van der Waals surface area contributed by atoms with E-state index in [4.69, 9.17) is 0 Å². The topological polar surface area (TPSA) is 121 Å². The molecular weight excluding hydrogens is 620 g/mol. The maximum absolute atomic E-state index is 14.4. The van der Waals surface area contributed by atoms with Crippen LogP contribution in [0.5, 0.6) is 0 Å². The molecule has 9 nitrogen and oxygen atoms in total. The van der Waals surface area contributed by atoms with Crippen LogP contribution in [-0.2, 0) is 9.53 Å². The van der Waals surface area contributed by atoms with Crippen molar-refractivity contribution in [1.82, 2.24) is 9.47 Å². The molecular formula is C37H39F2N3O6. The van der Waals surface area contributed by atoms with E-state index in [0.29, 0.717) is 39.2 Å². The van der Waals surface area contributed by atoms with Crippen LogP contribution >= 0.6 is 0 Å². The minimum absolute atomic E-state index is 0.167. The van der Waals surface area contributed by atoms with Gasteiger partial charge >= 0.3 is 5.97 Å². The molecule has 1 heterocycles. The summed E-state index contributed by atoms with van der Waals surface area (Å²) >= 11 is 0. The van der Waals surface area contributed by atoms with Gasteiger partial charge in [-0.05, 0) is 73.5 Å². The Labute approximate surface area is 278 Å². The van der Waals surface area contributed by atoms with E-state index in [1.165, 1.54) is 42.4 Å². The van der Waals surface area contributed by atoms with Crippen molar-refractivity contribution in [2.75, 3.05) is 26.5 Å². The zero-order chi connectivity index (χ0) is 35.1. The van der Waals surface area contributed by atoms with Gasteiger partial charge in [0.1, 0.15) is 17.3 Å². The summed E-state index contributed by atoms with van der Waals surface area (Å²) in [5.74, 6) is -2.35. The monoisotopic (exact) mass is 659 g/mol. The van der Waals surface area contributed by atoms with Gasteiger partial charge in [-0.15, -0.1) is 0 Å². The summed E-state index contributed by atoms with van der Waals surface area (Å²) in [7, 11) is 4.46. The number of hydrogen-bond donors (Lipinski definition) is 3. The number of amides is 2. The summed E-state index contributed by atoms with van der Waals surface area (Å²) in [6.45, 7) is 3.73. The van der Waals surface area contributed by atoms with Crippen LogP contribution in [0.4, 0.5) is 14.5 Å². The molecule has 0 aliphatic carbocycles. The van der Waals surface area contributed by atoms with Gasteiger partial charge in [-0.25, -0.2) is 8.78 Å². The highest BCUT2D eigenvalue weighted by Crippen LogP contribution is 2.43. The molecule has 0 fully saturated rings. The van der Waals surface area contributed by atoms with Crippen molar-refractivity contribution in [1.29, 1.82) is 0 Å². The number of anilines is 1. The summed E-state index contributed by atoms with van der Waals surface area (Å²) in [4.78, 5) is 40.0. The smallest absolute Gasteiger partial charge is 0.308 e. The zero-order valence-electron chi connectivity index (χ0n) is 27.4. The third-order valence-corrected chi connectivity index (χ3v) is 7.63. The first-order chi connectivity index (χ1) is 22.8. The molecule has 0 saturated heterocycles. The van der Waals surface area contributed by atoms with Gasteiger partial charge in [-0.3, -0.25) is 14.4 Å². The predicted molar refractivity (Wildman–Crippen MR) is 180 cm³/mol. The van der Waals surface area contributed by atoms with Crippen LogP contribution in [-0.4, -0.2) is 70.9 Å². The van der Waals surface area contributed by atoms with E-state index >= 15 is 0 Å². The quantitative estimate of drug-likeness (QED) is 0.153. The van der Waals surface area contributed by atoms with Crippen molar-refractivity contribution >= 4 is 29.5 Å². The van der Waals surface area contributed by atoms with Crippen LogP contribution in [0, 0.1) is 11.6 Å². The van der Waals surface area contributed by atoms with E-state index in [-0.39, 0.29) is 30.5 Å². The van der Waals surface area contributed by atoms with Crippen molar-refractivity contribution in [3.05, 3.63) is 107 Å². The molecule has 2 amide bonds. The number of esters is 1. The second-order valence-corrected chi connectivity index (χ2v) is 11.8. The van der Waals surface area contributed by atoms with E-state index in [2.05, 4.69) is 10.1 Å². The maximum Gasteiger partial charge on any atom is 0.308 e. The first kappa shape index (κ1) is 35.7. The summed E-state index contributed by atoms with van der Waals surface area (Å²) in [5.41, 5.74) is 3.38. The third kappa shape index (κ3) is 8.41. The van der Waals surface area contributed by atoms with Gasteiger partial charge in [-0.2, -0.15) is 0 Å². The number of aromatic nitrogens is 1. The van der Waals surface area contributed by atoms with Gasteiger partial charge in [0.25, 0.3) is 11.8 Å². The summed E-state index contributed by atoms with van der Waals surface area (Å²) in [5, 5.41) is 24.0. The third-order valence-electron chi connectivity index (χ3n) is 7.63. The number of rotatable bonds is 12. The van der Waals surface area contributed by atoms with Gasteiger partial charge < -0.3 is 29.7 Å². The molecule has 0 spiro atoms. The van der Waals surface area contributed by atoms with E-state index < -0.39 is 35.7 Å². The van der Waals surface area contributed by atoms with E-state index in [1.54, 1.807) is 73.3 Å². The number of carbonyl (C=O) groups excluding carboxylic acids is 3. The van der Waals surface area contributed by atoms with Crippen LogP contribution in [0.25, 0.3) is 28.3 Å². The summed E-state index contributed by atoms with van der Waals surface area (Å²) in [6, 6.07) is 17.5. The molecule has 0 aliphatic heterocycles. The molecule has 2 atom stereocenters. The number of methoxy groups -OCH3 is 1. The van der Waals surface area contributed by atoms with Crippen molar-refractivity contribution in [2.24, 2.45) is 0 Å². The van der Waals surface area contributed by atoms with Crippen LogP contribution in [0.2, 0.25) is 0 Å². The van der Waals surface area contributed by atoms with E-state index in [1.807, 2.05) is 13.8 Å². The Balaban J connectivity index is 1.94. The largest absolute Gasteiger partial charge is 0.469 e. The Morgan fingerprint density at radius 1 is 0.917 bits per heavy atom. The highest BCUT2D eigenvalue weighted by molar-refractivity contribution is 6.12. The Morgan fingerprint density at radius 2 is 1.50 bits per heavy atom. The van der Waals surface area contributed by atoms with Crippen LogP contribution < -0.4 is 5.32 Å². The lowest BCUT2D eigenvalue weighted by atomic mass is 9.94. The summed E-state index contributed by atoms with van der Waals surface area (Å²) < 4.78 is 34.7. The van der Waals surface area contributed by atoms with Crippen LogP contribution in [0.1, 0.15) is 59.3 Å². The maximum atomic E-state index is 14.4. The average Bonchev–Trinajstić information content (AvgIpc) is 3.39. The molecule has 4 rings (SSSR count). The fraction of sp³-hybridized carbons (Fsp3) is 0.270. The normalized spacial score (nSPS) is 12.6. The molecule has 252 valence electrons. The highest BCUT2D eigenvalue weighted by atomic mass is 19.1. The lowest BCUT2D eigenvalue weighted by Crippen LogP contribution is -2.22. The standard InChI is InChI=1S/C37H39F2N3O6/c1-22(2)42-31(18-17-29(43)20-30(44)21-32(45)48-5)33(23-9-13-26(38)14-10-23)34(24-11-15-27(39)16-12-24)35(42)36(46)40-28-8-6-7-25(19-28)37(47)41(3)4/h6-19,22,29-30,43-44H,20-21H2,1-5H3,(H,40,46)/t29-,30-/m1/s1. The first-order valence-corrected chi connectivity index (χ1v) is 15.3. The predicted octanol–water partition coefficient (Wildman–Crippen LogP) is 6.32. The number of halogens is 2. The molecule has 3 aromatic carbocycles. The molecule has 11 heteroatoms. The molecule has 0 saturated carbocycles. The van der Waals surface area contributed by atoms with E-state index in [9.17, 15) is 33.4 Å².